The largest absolute Gasteiger partial charge is 0.370 e. The molecule has 0 radical (unpaired) electrons. The van der Waals surface area contributed by atoms with Crippen LogP contribution < -0.4 is 10.6 Å². The molecular formula is C14H26N4S. The molecule has 0 aliphatic rings. The quantitative estimate of drug-likeness (QED) is 0.728. The summed E-state index contributed by atoms with van der Waals surface area (Å²) >= 11 is 1.88. The van der Waals surface area contributed by atoms with Gasteiger partial charge in [-0.3, -0.25) is 0 Å². The van der Waals surface area contributed by atoms with E-state index in [0.29, 0.717) is 5.92 Å². The fraction of sp³-hybridized carbons (Fsp3) is 0.714. The fourth-order valence-electron chi connectivity index (χ4n) is 1.91. The second-order valence-corrected chi connectivity index (χ2v) is 5.68. The third-order valence-electron chi connectivity index (χ3n) is 2.91. The summed E-state index contributed by atoms with van der Waals surface area (Å²) in [6.07, 6.45) is 5.82. The zero-order valence-corrected chi connectivity index (χ0v) is 13.3. The highest BCUT2D eigenvalue weighted by Crippen LogP contribution is 2.20. The van der Waals surface area contributed by atoms with Gasteiger partial charge in [-0.2, -0.15) is 11.8 Å². The van der Waals surface area contributed by atoms with Crippen LogP contribution in [0.4, 0.5) is 11.6 Å². The molecule has 0 aliphatic carbocycles. The van der Waals surface area contributed by atoms with Crippen LogP contribution in [-0.4, -0.2) is 35.1 Å². The van der Waals surface area contributed by atoms with Crippen LogP contribution in [0.15, 0.2) is 6.33 Å². The van der Waals surface area contributed by atoms with Gasteiger partial charge in [0.05, 0.1) is 0 Å². The van der Waals surface area contributed by atoms with Gasteiger partial charge in [0.15, 0.2) is 0 Å². The highest BCUT2D eigenvalue weighted by atomic mass is 32.2. The minimum Gasteiger partial charge on any atom is -0.370 e. The van der Waals surface area contributed by atoms with Crippen molar-refractivity contribution in [2.24, 2.45) is 5.92 Å². The lowest BCUT2D eigenvalue weighted by molar-refractivity contribution is 0.698. The molecule has 0 saturated heterocycles. The van der Waals surface area contributed by atoms with E-state index in [0.717, 1.165) is 37.6 Å². The van der Waals surface area contributed by atoms with Crippen molar-refractivity contribution in [3.63, 3.8) is 0 Å². The van der Waals surface area contributed by atoms with Crippen molar-refractivity contribution in [3.05, 3.63) is 11.9 Å². The van der Waals surface area contributed by atoms with Gasteiger partial charge in [-0.1, -0.05) is 20.8 Å². The van der Waals surface area contributed by atoms with Crippen molar-refractivity contribution in [2.75, 3.05) is 35.7 Å². The summed E-state index contributed by atoms with van der Waals surface area (Å²) < 4.78 is 0. The van der Waals surface area contributed by atoms with Crippen molar-refractivity contribution >= 4 is 23.4 Å². The summed E-state index contributed by atoms with van der Waals surface area (Å²) in [7, 11) is 0. The van der Waals surface area contributed by atoms with E-state index in [4.69, 9.17) is 0 Å². The number of thioether (sulfide) groups is 1. The number of hydrogen-bond acceptors (Lipinski definition) is 5. The summed E-state index contributed by atoms with van der Waals surface area (Å²) in [6, 6.07) is 0. The predicted octanol–water partition coefficient (Wildman–Crippen LogP) is 3.27. The van der Waals surface area contributed by atoms with Crippen molar-refractivity contribution in [1.82, 2.24) is 9.97 Å². The Morgan fingerprint density at radius 3 is 2.47 bits per heavy atom. The Morgan fingerprint density at radius 2 is 1.89 bits per heavy atom. The molecule has 1 aromatic heterocycles. The standard InChI is InChI=1S/C14H26N4S/c1-5-7-15-13-12(6-2)14(18-10-17-13)16-8-11(3)9-19-4/h10-11H,5-9H2,1-4H3,(H2,15,16,17,18). The van der Waals surface area contributed by atoms with E-state index < -0.39 is 0 Å². The second kappa shape index (κ2) is 9.02. The van der Waals surface area contributed by atoms with Gasteiger partial charge >= 0.3 is 0 Å². The average Bonchev–Trinajstić information content (AvgIpc) is 2.43. The molecule has 0 bridgehead atoms. The lowest BCUT2D eigenvalue weighted by atomic mass is 10.2. The molecule has 1 rings (SSSR count). The van der Waals surface area contributed by atoms with Crippen LogP contribution in [0.2, 0.25) is 0 Å². The summed E-state index contributed by atoms with van der Waals surface area (Å²) in [6.45, 7) is 8.46. The van der Waals surface area contributed by atoms with Gasteiger partial charge < -0.3 is 10.6 Å². The molecule has 1 unspecified atom stereocenters. The average molecular weight is 282 g/mol. The molecule has 1 atom stereocenters. The van der Waals surface area contributed by atoms with Gasteiger partial charge in [-0.05, 0) is 30.8 Å². The van der Waals surface area contributed by atoms with Crippen LogP contribution in [0.1, 0.15) is 32.8 Å². The number of hydrogen-bond donors (Lipinski definition) is 2. The first-order valence-electron chi connectivity index (χ1n) is 7.03. The van der Waals surface area contributed by atoms with Crippen molar-refractivity contribution < 1.29 is 0 Å². The Labute approximate surface area is 121 Å². The summed E-state index contributed by atoms with van der Waals surface area (Å²) in [5.41, 5.74) is 1.19. The summed E-state index contributed by atoms with van der Waals surface area (Å²) in [4.78, 5) is 8.73. The van der Waals surface area contributed by atoms with Gasteiger partial charge in [0, 0.05) is 18.7 Å². The first-order valence-corrected chi connectivity index (χ1v) is 8.42. The molecule has 19 heavy (non-hydrogen) atoms. The zero-order chi connectivity index (χ0) is 14.1. The topological polar surface area (TPSA) is 49.8 Å². The Balaban J connectivity index is 2.71. The SMILES string of the molecule is CCCNc1ncnc(NCC(C)CSC)c1CC. The molecular weight excluding hydrogens is 256 g/mol. The monoisotopic (exact) mass is 282 g/mol. The third-order valence-corrected chi connectivity index (χ3v) is 3.81. The van der Waals surface area contributed by atoms with Crippen LogP contribution in [0.5, 0.6) is 0 Å². The Kier molecular flexibility index (Phi) is 7.63. The lowest BCUT2D eigenvalue weighted by Gasteiger charge is -2.16. The predicted molar refractivity (Wildman–Crippen MR) is 86.2 cm³/mol. The van der Waals surface area contributed by atoms with E-state index in [1.165, 1.54) is 11.3 Å². The Morgan fingerprint density at radius 1 is 1.21 bits per heavy atom. The molecule has 0 saturated carbocycles. The smallest absolute Gasteiger partial charge is 0.134 e. The van der Waals surface area contributed by atoms with Gasteiger partial charge in [-0.15, -0.1) is 0 Å². The van der Waals surface area contributed by atoms with E-state index in [9.17, 15) is 0 Å². The van der Waals surface area contributed by atoms with Gasteiger partial charge in [0.2, 0.25) is 0 Å². The molecule has 1 heterocycles. The normalized spacial score (nSPS) is 12.2. The molecule has 108 valence electrons. The highest BCUT2D eigenvalue weighted by molar-refractivity contribution is 7.98. The van der Waals surface area contributed by atoms with Crippen LogP contribution in [0, 0.1) is 5.92 Å². The molecule has 0 fully saturated rings. The van der Waals surface area contributed by atoms with Gasteiger partial charge in [0.1, 0.15) is 18.0 Å². The number of nitrogens with zero attached hydrogens (tertiary/aromatic N) is 2. The van der Waals surface area contributed by atoms with Crippen molar-refractivity contribution in [1.29, 1.82) is 0 Å². The zero-order valence-electron chi connectivity index (χ0n) is 12.5. The molecule has 0 aliphatic heterocycles. The molecule has 2 N–H and O–H groups in total. The minimum absolute atomic E-state index is 0.640. The van der Waals surface area contributed by atoms with E-state index >= 15 is 0 Å². The lowest BCUT2D eigenvalue weighted by Crippen LogP contribution is -2.16. The molecule has 4 nitrogen and oxygen atoms in total. The van der Waals surface area contributed by atoms with Crippen LogP contribution in [0.25, 0.3) is 0 Å². The van der Waals surface area contributed by atoms with Crippen molar-refractivity contribution in [2.45, 2.75) is 33.6 Å². The number of aromatic nitrogens is 2. The van der Waals surface area contributed by atoms with Gasteiger partial charge in [0.25, 0.3) is 0 Å². The first-order chi connectivity index (χ1) is 9.22. The molecule has 1 aromatic rings. The maximum absolute atomic E-state index is 4.38. The van der Waals surface area contributed by atoms with Gasteiger partial charge in [-0.25, -0.2) is 9.97 Å². The maximum Gasteiger partial charge on any atom is 0.134 e. The van der Waals surface area contributed by atoms with Crippen LogP contribution >= 0.6 is 11.8 Å². The summed E-state index contributed by atoms with van der Waals surface area (Å²) in [5, 5.41) is 6.83. The van der Waals surface area contributed by atoms with Crippen molar-refractivity contribution in [3.8, 4) is 0 Å². The minimum atomic E-state index is 0.640. The molecule has 0 amide bonds. The van der Waals surface area contributed by atoms with Crippen LogP contribution in [0.3, 0.4) is 0 Å². The molecule has 0 spiro atoms. The maximum atomic E-state index is 4.38. The first kappa shape index (κ1) is 16.1. The molecule has 0 aromatic carbocycles. The van der Waals surface area contributed by atoms with E-state index in [2.05, 4.69) is 47.6 Å². The second-order valence-electron chi connectivity index (χ2n) is 4.77. The number of rotatable bonds is 9. The number of anilines is 2. The van der Waals surface area contributed by atoms with E-state index in [-0.39, 0.29) is 0 Å². The molecule has 5 heteroatoms. The fourth-order valence-corrected chi connectivity index (χ4v) is 2.60. The van der Waals surface area contributed by atoms with E-state index in [1.807, 2.05) is 11.8 Å². The van der Waals surface area contributed by atoms with Crippen LogP contribution in [-0.2, 0) is 6.42 Å². The number of nitrogens with one attached hydrogen (secondary N) is 2. The Bertz CT molecular complexity index is 370. The Hall–Kier alpha value is -0.970. The highest BCUT2D eigenvalue weighted by Gasteiger charge is 2.10. The third kappa shape index (κ3) is 5.27. The van der Waals surface area contributed by atoms with E-state index in [1.54, 1.807) is 6.33 Å². The summed E-state index contributed by atoms with van der Waals surface area (Å²) in [5.74, 6) is 3.76.